The van der Waals surface area contributed by atoms with E-state index in [2.05, 4.69) is 15.3 Å². The summed E-state index contributed by atoms with van der Waals surface area (Å²) in [5, 5.41) is 11.6. The highest BCUT2D eigenvalue weighted by molar-refractivity contribution is 7.71. The average Bonchev–Trinajstić information content (AvgIpc) is 3.02. The van der Waals surface area contributed by atoms with Crippen LogP contribution in [-0.4, -0.2) is 31.7 Å². The van der Waals surface area contributed by atoms with E-state index in [1.54, 1.807) is 11.8 Å². The lowest BCUT2D eigenvalue weighted by molar-refractivity contribution is 0.413. The number of H-pyrrole nitrogens is 1. The van der Waals surface area contributed by atoms with Gasteiger partial charge in [-0.1, -0.05) is 12.1 Å². The van der Waals surface area contributed by atoms with Crippen molar-refractivity contribution in [1.82, 2.24) is 24.5 Å². The van der Waals surface area contributed by atoms with Crippen LogP contribution in [-0.2, 0) is 7.05 Å². The first-order valence-corrected chi connectivity index (χ1v) is 6.84. The maximum absolute atomic E-state index is 5.41. The van der Waals surface area contributed by atoms with E-state index in [1.807, 2.05) is 48.9 Å². The Hall–Kier alpha value is -2.41. The molecule has 1 aromatic carbocycles. The molecule has 0 unspecified atom stereocenters. The van der Waals surface area contributed by atoms with Gasteiger partial charge >= 0.3 is 0 Å². The van der Waals surface area contributed by atoms with Crippen molar-refractivity contribution in [2.24, 2.45) is 7.05 Å². The molecule has 1 N–H and O–H groups in total. The third-order valence-electron chi connectivity index (χ3n) is 3.34. The number of para-hydroxylation sites is 2. The normalized spacial score (nSPS) is 10.8. The van der Waals surface area contributed by atoms with Crippen LogP contribution < -0.4 is 4.74 Å². The van der Waals surface area contributed by atoms with Gasteiger partial charge in [0.15, 0.2) is 10.6 Å². The number of aromatic nitrogens is 5. The Morgan fingerprint density at radius 2 is 2.05 bits per heavy atom. The third kappa shape index (κ3) is 2.25. The predicted molar refractivity (Wildman–Crippen MR) is 82.2 cm³/mol. The van der Waals surface area contributed by atoms with Gasteiger partial charge in [0.05, 0.1) is 12.8 Å². The maximum Gasteiger partial charge on any atom is 0.200 e. The summed E-state index contributed by atoms with van der Waals surface area (Å²) in [5.41, 5.74) is 2.64. The lowest BCUT2D eigenvalue weighted by Crippen LogP contribution is -2.01. The number of methoxy groups -OCH3 is 1. The van der Waals surface area contributed by atoms with E-state index in [-0.39, 0.29) is 0 Å². The molecule has 6 nitrogen and oxygen atoms in total. The SMILES string of the molecule is COc1ccccc1-n1c(-c2cc(C)n(C)n2)n[nH]c1=S. The summed E-state index contributed by atoms with van der Waals surface area (Å²) in [6, 6.07) is 9.63. The van der Waals surface area contributed by atoms with Gasteiger partial charge in [-0.3, -0.25) is 14.3 Å². The van der Waals surface area contributed by atoms with Crippen molar-refractivity contribution in [2.45, 2.75) is 6.92 Å². The molecule has 0 atom stereocenters. The van der Waals surface area contributed by atoms with Crippen LogP contribution in [0.5, 0.6) is 5.75 Å². The number of hydrogen-bond donors (Lipinski definition) is 1. The second kappa shape index (κ2) is 5.17. The van der Waals surface area contributed by atoms with Crippen LogP contribution in [0.4, 0.5) is 0 Å². The minimum Gasteiger partial charge on any atom is -0.495 e. The van der Waals surface area contributed by atoms with Crippen LogP contribution >= 0.6 is 12.2 Å². The van der Waals surface area contributed by atoms with Gasteiger partial charge in [-0.05, 0) is 37.3 Å². The fourth-order valence-corrected chi connectivity index (χ4v) is 2.41. The van der Waals surface area contributed by atoms with Crippen molar-refractivity contribution < 1.29 is 4.74 Å². The molecule has 0 aliphatic rings. The van der Waals surface area contributed by atoms with Crippen LogP contribution in [0.2, 0.25) is 0 Å². The number of aryl methyl sites for hydroxylation is 2. The molecule has 7 heteroatoms. The first-order chi connectivity index (χ1) is 10.1. The number of benzene rings is 1. The summed E-state index contributed by atoms with van der Waals surface area (Å²) in [4.78, 5) is 0. The van der Waals surface area contributed by atoms with Gasteiger partial charge < -0.3 is 4.74 Å². The van der Waals surface area contributed by atoms with Crippen LogP contribution in [0, 0.1) is 11.7 Å². The zero-order chi connectivity index (χ0) is 15.0. The van der Waals surface area contributed by atoms with Crippen molar-refractivity contribution in [3.8, 4) is 23.0 Å². The van der Waals surface area contributed by atoms with Crippen LogP contribution in [0.25, 0.3) is 17.2 Å². The topological polar surface area (TPSA) is 60.7 Å². The Balaban J connectivity index is 2.24. The third-order valence-corrected chi connectivity index (χ3v) is 3.62. The Bertz CT molecular complexity index is 826. The predicted octanol–water partition coefficient (Wildman–Crippen LogP) is 2.65. The molecule has 0 spiro atoms. The molecule has 0 fully saturated rings. The molecule has 0 saturated carbocycles. The number of hydrogen-bond acceptors (Lipinski definition) is 4. The molecule has 0 aliphatic heterocycles. The average molecular weight is 301 g/mol. The molecule has 2 aromatic heterocycles. The molecule has 0 saturated heterocycles. The molecule has 0 bridgehead atoms. The summed E-state index contributed by atoms with van der Waals surface area (Å²) in [7, 11) is 3.53. The number of rotatable bonds is 3. The zero-order valence-corrected chi connectivity index (χ0v) is 12.8. The number of nitrogens with zero attached hydrogens (tertiary/aromatic N) is 4. The van der Waals surface area contributed by atoms with Crippen molar-refractivity contribution >= 4 is 12.2 Å². The second-order valence-electron chi connectivity index (χ2n) is 4.65. The lowest BCUT2D eigenvalue weighted by atomic mass is 10.2. The first kappa shape index (κ1) is 13.6. The molecular weight excluding hydrogens is 286 g/mol. The molecule has 0 aliphatic carbocycles. The van der Waals surface area contributed by atoms with E-state index in [0.29, 0.717) is 10.6 Å². The van der Waals surface area contributed by atoms with Crippen molar-refractivity contribution in [2.75, 3.05) is 7.11 Å². The molecule has 0 amide bonds. The fourth-order valence-electron chi connectivity index (χ4n) is 2.18. The second-order valence-corrected chi connectivity index (χ2v) is 5.04. The smallest absolute Gasteiger partial charge is 0.200 e. The summed E-state index contributed by atoms with van der Waals surface area (Å²) < 4.78 is 9.54. The highest BCUT2D eigenvalue weighted by Crippen LogP contribution is 2.27. The fraction of sp³-hybridized carbons (Fsp3) is 0.214. The van der Waals surface area contributed by atoms with Gasteiger partial charge in [-0.2, -0.15) is 10.2 Å². The van der Waals surface area contributed by atoms with Crippen molar-refractivity contribution in [3.05, 3.63) is 40.8 Å². The Morgan fingerprint density at radius 1 is 1.29 bits per heavy atom. The van der Waals surface area contributed by atoms with E-state index in [0.717, 1.165) is 22.8 Å². The van der Waals surface area contributed by atoms with Gasteiger partial charge in [-0.15, -0.1) is 0 Å². The molecular formula is C14H15N5OS. The van der Waals surface area contributed by atoms with E-state index < -0.39 is 0 Å². The summed E-state index contributed by atoms with van der Waals surface area (Å²) in [6.45, 7) is 1.99. The monoisotopic (exact) mass is 301 g/mol. The van der Waals surface area contributed by atoms with E-state index >= 15 is 0 Å². The minimum absolute atomic E-state index is 0.498. The molecule has 0 radical (unpaired) electrons. The minimum atomic E-state index is 0.498. The number of nitrogens with one attached hydrogen (secondary N) is 1. The maximum atomic E-state index is 5.41. The standard InChI is InChI=1S/C14H15N5OS/c1-9-8-10(17-18(9)2)13-15-16-14(21)19(13)11-6-4-5-7-12(11)20-3/h4-8H,1-3H3,(H,16,21). The quantitative estimate of drug-likeness (QED) is 0.756. The van der Waals surface area contributed by atoms with Crippen LogP contribution in [0.15, 0.2) is 30.3 Å². The van der Waals surface area contributed by atoms with Crippen LogP contribution in [0.3, 0.4) is 0 Å². The van der Waals surface area contributed by atoms with E-state index in [4.69, 9.17) is 17.0 Å². The van der Waals surface area contributed by atoms with Crippen LogP contribution in [0.1, 0.15) is 5.69 Å². The molecule has 3 aromatic rings. The Morgan fingerprint density at radius 3 is 2.71 bits per heavy atom. The number of aromatic amines is 1. The van der Waals surface area contributed by atoms with E-state index in [1.165, 1.54) is 0 Å². The van der Waals surface area contributed by atoms with Gasteiger partial charge in [0.2, 0.25) is 0 Å². The Kier molecular flexibility index (Phi) is 3.34. The van der Waals surface area contributed by atoms with E-state index in [9.17, 15) is 0 Å². The lowest BCUT2D eigenvalue weighted by Gasteiger charge is -2.10. The summed E-state index contributed by atoms with van der Waals surface area (Å²) >= 11 is 5.36. The number of ether oxygens (including phenoxy) is 1. The zero-order valence-electron chi connectivity index (χ0n) is 12.0. The molecule has 108 valence electrons. The van der Waals surface area contributed by atoms with Gasteiger partial charge in [0.25, 0.3) is 0 Å². The van der Waals surface area contributed by atoms with Crippen molar-refractivity contribution in [1.29, 1.82) is 0 Å². The highest BCUT2D eigenvalue weighted by Gasteiger charge is 2.16. The van der Waals surface area contributed by atoms with Crippen molar-refractivity contribution in [3.63, 3.8) is 0 Å². The summed E-state index contributed by atoms with van der Waals surface area (Å²) in [5.74, 6) is 1.39. The first-order valence-electron chi connectivity index (χ1n) is 6.43. The Labute approximate surface area is 127 Å². The summed E-state index contributed by atoms with van der Waals surface area (Å²) in [6.07, 6.45) is 0. The van der Waals surface area contributed by atoms with Gasteiger partial charge in [0, 0.05) is 12.7 Å². The molecule has 2 heterocycles. The van der Waals surface area contributed by atoms with Gasteiger partial charge in [0.1, 0.15) is 11.4 Å². The molecule has 3 rings (SSSR count). The largest absolute Gasteiger partial charge is 0.495 e. The van der Waals surface area contributed by atoms with Gasteiger partial charge in [-0.25, -0.2) is 0 Å². The molecule has 21 heavy (non-hydrogen) atoms. The highest BCUT2D eigenvalue weighted by atomic mass is 32.1.